The second-order valence-corrected chi connectivity index (χ2v) is 7.92. The number of fused-ring (bicyclic) bond motifs is 1. The molecule has 3 N–H and O–H groups in total. The Balaban J connectivity index is 1.37. The highest BCUT2D eigenvalue weighted by Gasteiger charge is 2.12. The molecule has 174 valence electrons. The van der Waals surface area contributed by atoms with Crippen LogP contribution in [0.25, 0.3) is 10.9 Å². The number of anilines is 5. The molecule has 0 aliphatic carbocycles. The van der Waals surface area contributed by atoms with Crippen LogP contribution in [0.15, 0.2) is 97.5 Å². The van der Waals surface area contributed by atoms with E-state index in [0.29, 0.717) is 27.8 Å². The van der Waals surface area contributed by atoms with Crippen LogP contribution in [0.1, 0.15) is 15.9 Å². The van der Waals surface area contributed by atoms with Gasteiger partial charge in [0.2, 0.25) is 0 Å². The summed E-state index contributed by atoms with van der Waals surface area (Å²) in [6, 6.07) is 23.9. The average molecular weight is 474 g/mol. The van der Waals surface area contributed by atoms with Crippen LogP contribution in [0.2, 0.25) is 0 Å². The zero-order valence-corrected chi connectivity index (χ0v) is 18.9. The Morgan fingerprint density at radius 3 is 2.47 bits per heavy atom. The number of benzene rings is 3. The first kappa shape index (κ1) is 22.5. The van der Waals surface area contributed by atoms with Gasteiger partial charge in [-0.05, 0) is 72.8 Å². The first-order valence-corrected chi connectivity index (χ1v) is 11.0. The summed E-state index contributed by atoms with van der Waals surface area (Å²) in [6.07, 6.45) is 4.97. The van der Waals surface area contributed by atoms with Gasteiger partial charge in [-0.2, -0.15) is 5.26 Å². The summed E-state index contributed by atoms with van der Waals surface area (Å²) >= 11 is 0. The smallest absolute Gasteiger partial charge is 0.255 e. The minimum Gasteiger partial charge on any atom is -0.355 e. The molecule has 0 aliphatic heterocycles. The van der Waals surface area contributed by atoms with Crippen molar-refractivity contribution in [2.45, 2.75) is 0 Å². The number of hydrogen-bond acceptors (Lipinski definition) is 6. The molecular weight excluding hydrogens is 455 g/mol. The predicted octanol–water partition coefficient (Wildman–Crippen LogP) is 6.38. The van der Waals surface area contributed by atoms with Crippen molar-refractivity contribution in [3.05, 3.63) is 114 Å². The van der Waals surface area contributed by atoms with Crippen molar-refractivity contribution in [1.82, 2.24) is 9.97 Å². The molecule has 0 aliphatic rings. The third kappa shape index (κ3) is 4.95. The number of carbonyl (C=O) groups excluding carboxylic acids is 1. The van der Waals surface area contributed by atoms with Gasteiger partial charge < -0.3 is 16.0 Å². The van der Waals surface area contributed by atoms with Crippen LogP contribution in [0.4, 0.5) is 32.8 Å². The topological polar surface area (TPSA) is 103 Å². The molecule has 3 aromatic carbocycles. The van der Waals surface area contributed by atoms with E-state index in [9.17, 15) is 14.4 Å². The molecule has 0 spiro atoms. The molecule has 1 amide bonds. The Morgan fingerprint density at radius 2 is 1.64 bits per heavy atom. The number of pyridine rings is 2. The van der Waals surface area contributed by atoms with Gasteiger partial charge in [-0.1, -0.05) is 6.07 Å². The number of aromatic nitrogens is 2. The fourth-order valence-electron chi connectivity index (χ4n) is 3.71. The zero-order chi connectivity index (χ0) is 24.9. The lowest BCUT2D eigenvalue weighted by Gasteiger charge is -2.13. The highest BCUT2D eigenvalue weighted by molar-refractivity contribution is 6.05. The predicted molar refractivity (Wildman–Crippen MR) is 138 cm³/mol. The molecule has 0 saturated carbocycles. The van der Waals surface area contributed by atoms with Crippen molar-refractivity contribution in [2.24, 2.45) is 0 Å². The third-order valence-electron chi connectivity index (χ3n) is 5.46. The Bertz CT molecular complexity index is 1610. The van der Waals surface area contributed by atoms with Crippen LogP contribution >= 0.6 is 0 Å². The molecule has 36 heavy (non-hydrogen) atoms. The van der Waals surface area contributed by atoms with E-state index in [4.69, 9.17) is 0 Å². The highest BCUT2D eigenvalue weighted by atomic mass is 19.1. The molecule has 0 saturated heterocycles. The first-order chi connectivity index (χ1) is 17.6. The monoisotopic (exact) mass is 474 g/mol. The Morgan fingerprint density at radius 1 is 0.806 bits per heavy atom. The first-order valence-electron chi connectivity index (χ1n) is 11.0. The van der Waals surface area contributed by atoms with Crippen LogP contribution in [0, 0.1) is 17.1 Å². The summed E-state index contributed by atoms with van der Waals surface area (Å²) < 4.78 is 14.7. The number of rotatable bonds is 6. The SMILES string of the molecule is N#Cc1ccc2nccc(Nc3cc(C(=O)Nc4cccc(Nc5ccncc5)c4)ccc3F)c2c1. The summed E-state index contributed by atoms with van der Waals surface area (Å²) in [7, 11) is 0. The van der Waals surface area contributed by atoms with E-state index in [-0.39, 0.29) is 17.2 Å². The quantitative estimate of drug-likeness (QED) is 0.264. The van der Waals surface area contributed by atoms with Crippen LogP contribution in [-0.4, -0.2) is 15.9 Å². The van der Waals surface area contributed by atoms with Crippen molar-refractivity contribution in [3.63, 3.8) is 0 Å². The lowest BCUT2D eigenvalue weighted by atomic mass is 10.1. The standard InChI is InChI=1S/C28H19FN6O/c29-24-6-5-19(15-27(24)35-26-10-13-32-25-7-4-18(17-30)14-23(25)26)28(36)34-22-3-1-2-21(16-22)33-20-8-11-31-12-9-20/h1-16H,(H,31,33)(H,32,35)(H,34,36). The fraction of sp³-hybridized carbons (Fsp3) is 0. The van der Waals surface area contributed by atoms with Crippen molar-refractivity contribution in [1.29, 1.82) is 5.26 Å². The Labute approximate surface area is 206 Å². The number of carbonyl (C=O) groups is 1. The molecule has 0 atom stereocenters. The van der Waals surface area contributed by atoms with Crippen LogP contribution in [0.5, 0.6) is 0 Å². The van der Waals surface area contributed by atoms with E-state index in [1.54, 1.807) is 55.0 Å². The summed E-state index contributed by atoms with van der Waals surface area (Å²) in [6.45, 7) is 0. The Hall–Kier alpha value is -5.29. The summed E-state index contributed by atoms with van der Waals surface area (Å²) in [5.41, 5.74) is 4.36. The minimum absolute atomic E-state index is 0.130. The molecular formula is C28H19FN6O. The molecule has 2 heterocycles. The molecule has 7 nitrogen and oxygen atoms in total. The molecule has 0 fully saturated rings. The molecule has 2 aromatic heterocycles. The van der Waals surface area contributed by atoms with Crippen LogP contribution < -0.4 is 16.0 Å². The van der Waals surface area contributed by atoms with E-state index >= 15 is 0 Å². The second-order valence-electron chi connectivity index (χ2n) is 7.92. The van der Waals surface area contributed by atoms with E-state index in [2.05, 4.69) is 32.0 Å². The van der Waals surface area contributed by atoms with Crippen LogP contribution in [0.3, 0.4) is 0 Å². The molecule has 0 unspecified atom stereocenters. The largest absolute Gasteiger partial charge is 0.355 e. The van der Waals surface area contributed by atoms with Gasteiger partial charge in [-0.3, -0.25) is 14.8 Å². The van der Waals surface area contributed by atoms with E-state index < -0.39 is 5.82 Å². The van der Waals surface area contributed by atoms with Gasteiger partial charge >= 0.3 is 0 Å². The summed E-state index contributed by atoms with van der Waals surface area (Å²) in [5, 5.41) is 19.0. The number of nitrogens with one attached hydrogen (secondary N) is 3. The van der Waals surface area contributed by atoms with Crippen molar-refractivity contribution in [3.8, 4) is 6.07 Å². The molecule has 5 aromatic rings. The second kappa shape index (κ2) is 9.91. The number of nitrogens with zero attached hydrogens (tertiary/aromatic N) is 3. The van der Waals surface area contributed by atoms with Gasteiger partial charge in [0.15, 0.2) is 0 Å². The minimum atomic E-state index is -0.517. The normalized spacial score (nSPS) is 10.4. The average Bonchev–Trinajstić information content (AvgIpc) is 2.90. The van der Waals surface area contributed by atoms with E-state index in [1.807, 2.05) is 24.3 Å². The van der Waals surface area contributed by atoms with Crippen molar-refractivity contribution in [2.75, 3.05) is 16.0 Å². The number of hydrogen-bond donors (Lipinski definition) is 3. The maximum Gasteiger partial charge on any atom is 0.255 e. The number of nitriles is 1. The van der Waals surface area contributed by atoms with Gasteiger partial charge in [0.05, 0.1) is 22.8 Å². The summed E-state index contributed by atoms with van der Waals surface area (Å²) in [4.78, 5) is 21.2. The zero-order valence-electron chi connectivity index (χ0n) is 18.9. The van der Waals surface area contributed by atoms with Crippen molar-refractivity contribution >= 4 is 45.2 Å². The van der Waals surface area contributed by atoms with Gasteiger partial charge in [-0.15, -0.1) is 0 Å². The molecule has 0 radical (unpaired) electrons. The van der Waals surface area contributed by atoms with Gasteiger partial charge in [0, 0.05) is 52.3 Å². The van der Waals surface area contributed by atoms with Crippen molar-refractivity contribution < 1.29 is 9.18 Å². The Kier molecular flexibility index (Phi) is 6.19. The van der Waals surface area contributed by atoms with Gasteiger partial charge in [-0.25, -0.2) is 4.39 Å². The van der Waals surface area contributed by atoms with Gasteiger partial charge in [0.25, 0.3) is 5.91 Å². The maximum absolute atomic E-state index is 14.7. The van der Waals surface area contributed by atoms with E-state index in [1.165, 1.54) is 18.2 Å². The third-order valence-corrected chi connectivity index (χ3v) is 5.46. The molecule has 0 bridgehead atoms. The van der Waals surface area contributed by atoms with Gasteiger partial charge in [0.1, 0.15) is 5.82 Å². The number of amides is 1. The highest BCUT2D eigenvalue weighted by Crippen LogP contribution is 2.28. The van der Waals surface area contributed by atoms with E-state index in [0.717, 1.165) is 11.4 Å². The molecule has 5 rings (SSSR count). The lowest BCUT2D eigenvalue weighted by molar-refractivity contribution is 0.102. The molecule has 8 heteroatoms. The summed E-state index contributed by atoms with van der Waals surface area (Å²) in [5.74, 6) is -0.901. The van der Waals surface area contributed by atoms with Crippen LogP contribution in [-0.2, 0) is 0 Å². The lowest BCUT2D eigenvalue weighted by Crippen LogP contribution is -2.12. The fourth-order valence-corrected chi connectivity index (χ4v) is 3.71. The number of halogens is 1. The maximum atomic E-state index is 14.7.